The summed E-state index contributed by atoms with van der Waals surface area (Å²) in [7, 11) is 0. The summed E-state index contributed by atoms with van der Waals surface area (Å²) in [5.41, 5.74) is 6.26. The molecule has 0 aliphatic carbocycles. The molecule has 90 valence electrons. The zero-order valence-electron chi connectivity index (χ0n) is 8.81. The van der Waals surface area contributed by atoms with Crippen LogP contribution in [-0.4, -0.2) is 28.0 Å². The van der Waals surface area contributed by atoms with Gasteiger partial charge in [0.05, 0.1) is 6.10 Å². The van der Waals surface area contributed by atoms with E-state index in [1.165, 1.54) is 18.2 Å². The summed E-state index contributed by atoms with van der Waals surface area (Å²) >= 11 is 0. The summed E-state index contributed by atoms with van der Waals surface area (Å²) < 4.78 is 12.9. The van der Waals surface area contributed by atoms with Crippen molar-refractivity contribution < 1.29 is 19.7 Å². The molecule has 0 spiro atoms. The molecule has 0 saturated heterocycles. The van der Waals surface area contributed by atoms with Crippen LogP contribution >= 0.6 is 0 Å². The Kier molecular flexibility index (Phi) is 4.82. The van der Waals surface area contributed by atoms with E-state index >= 15 is 0 Å². The van der Waals surface area contributed by atoms with Crippen LogP contribution in [-0.2, 0) is 6.54 Å². The number of aliphatic hydroxyl groups excluding tert-OH is 3. The molecule has 2 atom stereocenters. The monoisotopic (exact) mass is 229 g/mol. The highest BCUT2D eigenvalue weighted by Gasteiger charge is 2.20. The molecule has 0 heterocycles. The van der Waals surface area contributed by atoms with Crippen LogP contribution in [0.1, 0.15) is 23.7 Å². The third-order valence-corrected chi connectivity index (χ3v) is 2.43. The van der Waals surface area contributed by atoms with Crippen LogP contribution in [0.5, 0.6) is 0 Å². The fraction of sp³-hybridized carbons (Fsp3) is 0.455. The maximum Gasteiger partial charge on any atom is 0.123 e. The highest BCUT2D eigenvalue weighted by molar-refractivity contribution is 5.30. The number of nitrogens with two attached hydrogens (primary N) is 1. The van der Waals surface area contributed by atoms with Gasteiger partial charge in [-0.25, -0.2) is 4.39 Å². The number of rotatable bonds is 5. The summed E-state index contributed by atoms with van der Waals surface area (Å²) in [6.45, 7) is -0.145. The third kappa shape index (κ3) is 2.99. The summed E-state index contributed by atoms with van der Waals surface area (Å²) in [5.74, 6) is -0.437. The fourth-order valence-electron chi connectivity index (χ4n) is 1.54. The zero-order chi connectivity index (χ0) is 12.1. The molecule has 0 saturated carbocycles. The quantitative estimate of drug-likeness (QED) is 0.575. The van der Waals surface area contributed by atoms with Gasteiger partial charge in [-0.15, -0.1) is 0 Å². The predicted octanol–water partition coefficient (Wildman–Crippen LogP) is 0.0611. The molecule has 0 radical (unpaired) electrons. The highest BCUT2D eigenvalue weighted by atomic mass is 19.1. The van der Waals surface area contributed by atoms with Gasteiger partial charge in [-0.05, 0) is 29.7 Å². The van der Waals surface area contributed by atoms with Crippen molar-refractivity contribution in [3.8, 4) is 0 Å². The fourth-order valence-corrected chi connectivity index (χ4v) is 1.54. The average molecular weight is 229 g/mol. The molecule has 5 heteroatoms. The van der Waals surface area contributed by atoms with Gasteiger partial charge in [0.15, 0.2) is 0 Å². The Morgan fingerprint density at radius 3 is 2.56 bits per heavy atom. The van der Waals surface area contributed by atoms with Gasteiger partial charge in [0.1, 0.15) is 11.9 Å². The topological polar surface area (TPSA) is 86.7 Å². The van der Waals surface area contributed by atoms with E-state index in [1.54, 1.807) is 0 Å². The first-order valence-electron chi connectivity index (χ1n) is 5.05. The van der Waals surface area contributed by atoms with E-state index in [1.807, 2.05) is 0 Å². The van der Waals surface area contributed by atoms with Crippen LogP contribution in [0.2, 0.25) is 0 Å². The van der Waals surface area contributed by atoms with Crippen LogP contribution in [0.4, 0.5) is 4.39 Å². The minimum Gasteiger partial charge on any atom is -0.396 e. The molecule has 0 aromatic heterocycles. The summed E-state index contributed by atoms with van der Waals surface area (Å²) in [6, 6.07) is 3.82. The number of hydrogen-bond donors (Lipinski definition) is 4. The average Bonchev–Trinajstić information content (AvgIpc) is 2.28. The molecular formula is C11H16FNO3. The van der Waals surface area contributed by atoms with Gasteiger partial charge in [0, 0.05) is 13.2 Å². The Bertz CT molecular complexity index is 346. The molecule has 1 aromatic carbocycles. The lowest BCUT2D eigenvalue weighted by molar-refractivity contribution is 0.00372. The summed E-state index contributed by atoms with van der Waals surface area (Å²) in [5, 5.41) is 27.9. The second kappa shape index (κ2) is 5.91. The van der Waals surface area contributed by atoms with Gasteiger partial charge in [0.25, 0.3) is 0 Å². The second-order valence-corrected chi connectivity index (χ2v) is 3.57. The van der Waals surface area contributed by atoms with Gasteiger partial charge in [0.2, 0.25) is 0 Å². The van der Waals surface area contributed by atoms with E-state index in [0.717, 1.165) is 0 Å². The Balaban J connectivity index is 2.93. The molecule has 2 unspecified atom stereocenters. The maximum atomic E-state index is 12.9. The van der Waals surface area contributed by atoms with Gasteiger partial charge in [-0.2, -0.15) is 0 Å². The molecule has 0 aliphatic rings. The van der Waals surface area contributed by atoms with Crippen molar-refractivity contribution in [1.82, 2.24) is 0 Å². The zero-order valence-corrected chi connectivity index (χ0v) is 8.81. The molecule has 5 N–H and O–H groups in total. The molecule has 0 amide bonds. The number of hydrogen-bond acceptors (Lipinski definition) is 4. The lowest BCUT2D eigenvalue weighted by Gasteiger charge is -2.19. The van der Waals surface area contributed by atoms with Gasteiger partial charge < -0.3 is 21.1 Å². The van der Waals surface area contributed by atoms with Crippen LogP contribution in [0.25, 0.3) is 0 Å². The molecule has 1 aromatic rings. The van der Waals surface area contributed by atoms with E-state index in [0.29, 0.717) is 11.1 Å². The van der Waals surface area contributed by atoms with E-state index in [9.17, 15) is 14.6 Å². The third-order valence-electron chi connectivity index (χ3n) is 2.43. The van der Waals surface area contributed by atoms with E-state index in [4.69, 9.17) is 10.8 Å². The van der Waals surface area contributed by atoms with Crippen molar-refractivity contribution in [2.24, 2.45) is 5.73 Å². The summed E-state index contributed by atoms with van der Waals surface area (Å²) in [6.07, 6.45) is -2.19. The van der Waals surface area contributed by atoms with E-state index in [2.05, 4.69) is 0 Å². The standard InChI is InChI=1S/C11H16FNO3/c12-8-1-2-9(7(5-8)6-13)11(16)10(15)3-4-14/h1-2,5,10-11,14-16H,3-4,6,13H2. The van der Waals surface area contributed by atoms with Crippen LogP contribution < -0.4 is 5.73 Å². The van der Waals surface area contributed by atoms with Gasteiger partial charge in [-0.3, -0.25) is 0 Å². The van der Waals surface area contributed by atoms with Crippen molar-refractivity contribution >= 4 is 0 Å². The molecule has 1 rings (SSSR count). The Labute approximate surface area is 93.1 Å². The molecule has 0 bridgehead atoms. The Morgan fingerprint density at radius 1 is 1.31 bits per heavy atom. The molecule has 0 fully saturated rings. The van der Waals surface area contributed by atoms with Gasteiger partial charge in [-0.1, -0.05) is 6.07 Å². The first-order chi connectivity index (χ1) is 7.60. The Hall–Kier alpha value is -1.01. The van der Waals surface area contributed by atoms with Crippen LogP contribution in [0.3, 0.4) is 0 Å². The van der Waals surface area contributed by atoms with Crippen molar-refractivity contribution in [2.75, 3.05) is 6.61 Å². The summed E-state index contributed by atoms with van der Waals surface area (Å²) in [4.78, 5) is 0. The lowest BCUT2D eigenvalue weighted by atomic mass is 9.97. The molecule has 4 nitrogen and oxygen atoms in total. The van der Waals surface area contributed by atoms with Crippen molar-refractivity contribution in [3.05, 3.63) is 35.1 Å². The number of halogens is 1. The maximum absolute atomic E-state index is 12.9. The minimum atomic E-state index is -1.16. The Morgan fingerprint density at radius 2 is 2.00 bits per heavy atom. The number of aliphatic hydroxyl groups is 3. The van der Waals surface area contributed by atoms with Crippen molar-refractivity contribution in [3.63, 3.8) is 0 Å². The lowest BCUT2D eigenvalue weighted by Crippen LogP contribution is -2.21. The molecule has 16 heavy (non-hydrogen) atoms. The van der Waals surface area contributed by atoms with Crippen molar-refractivity contribution in [2.45, 2.75) is 25.2 Å². The normalized spacial score (nSPS) is 14.8. The van der Waals surface area contributed by atoms with Crippen molar-refractivity contribution in [1.29, 1.82) is 0 Å². The van der Waals surface area contributed by atoms with E-state index < -0.39 is 18.0 Å². The highest BCUT2D eigenvalue weighted by Crippen LogP contribution is 2.23. The second-order valence-electron chi connectivity index (χ2n) is 3.57. The first-order valence-corrected chi connectivity index (χ1v) is 5.05. The van der Waals surface area contributed by atoms with E-state index in [-0.39, 0.29) is 19.6 Å². The minimum absolute atomic E-state index is 0.0581. The van der Waals surface area contributed by atoms with Crippen LogP contribution in [0, 0.1) is 5.82 Å². The SMILES string of the molecule is NCc1cc(F)ccc1C(O)C(O)CCO. The smallest absolute Gasteiger partial charge is 0.123 e. The van der Waals surface area contributed by atoms with Crippen LogP contribution in [0.15, 0.2) is 18.2 Å². The predicted molar refractivity (Wildman–Crippen MR) is 57.0 cm³/mol. The molecular weight excluding hydrogens is 213 g/mol. The number of benzene rings is 1. The molecule has 0 aliphatic heterocycles. The van der Waals surface area contributed by atoms with Gasteiger partial charge >= 0.3 is 0 Å². The first kappa shape index (κ1) is 13.1. The largest absolute Gasteiger partial charge is 0.396 e.